The number of ketones is 3. The fraction of sp³-hybridized carbons (Fsp3) is 0.444. The highest BCUT2D eigenvalue weighted by atomic mass is 35.5. The molecule has 12 heteroatoms. The highest BCUT2D eigenvalue weighted by molar-refractivity contribution is 6.42. The molecule has 0 radical (unpaired) electrons. The second-order valence-corrected chi connectivity index (χ2v) is 8.27. The Morgan fingerprint density at radius 1 is 1.07 bits per heavy atom. The lowest BCUT2D eigenvalue weighted by Crippen LogP contribution is -2.67. The van der Waals surface area contributed by atoms with Gasteiger partial charge in [0.2, 0.25) is 10.9 Å². The van der Waals surface area contributed by atoms with Crippen LogP contribution in [0.15, 0.2) is 12.1 Å². The van der Waals surface area contributed by atoms with Crippen LogP contribution in [0, 0.1) is 0 Å². The zero-order valence-corrected chi connectivity index (χ0v) is 18.2. The van der Waals surface area contributed by atoms with E-state index in [4.69, 9.17) is 39.5 Å². The van der Waals surface area contributed by atoms with Gasteiger partial charge in [0.1, 0.15) is 12.2 Å². The van der Waals surface area contributed by atoms with Crippen molar-refractivity contribution in [1.82, 2.24) is 9.55 Å². The number of hydrogen-bond donors (Lipinski definition) is 3. The van der Waals surface area contributed by atoms with E-state index in [1.165, 1.54) is 12.1 Å². The van der Waals surface area contributed by atoms with E-state index in [-0.39, 0.29) is 26.4 Å². The molecule has 3 N–H and O–H groups in total. The topological polar surface area (TPSA) is 139 Å². The SMILES string of the molecule is CC(=O)C(O)[C@H]1O[C@@H](n2c(Cl)nc3cc(Cl)c(Cl)cc32)[C@@](O)(C(C)=O)[C@@]1(O)C(C)=O. The van der Waals surface area contributed by atoms with Crippen molar-refractivity contribution in [3.05, 3.63) is 27.5 Å². The number of imidazole rings is 1. The largest absolute Gasteiger partial charge is 0.382 e. The van der Waals surface area contributed by atoms with E-state index in [0.717, 1.165) is 25.3 Å². The molecule has 1 saturated heterocycles. The summed E-state index contributed by atoms with van der Waals surface area (Å²) in [6, 6.07) is 2.71. The van der Waals surface area contributed by atoms with Crippen LogP contribution in [0.2, 0.25) is 15.3 Å². The van der Waals surface area contributed by atoms with Crippen LogP contribution in [-0.2, 0) is 19.1 Å². The van der Waals surface area contributed by atoms with Gasteiger partial charge in [-0.1, -0.05) is 23.2 Å². The van der Waals surface area contributed by atoms with Gasteiger partial charge in [0.15, 0.2) is 29.2 Å². The smallest absolute Gasteiger partial charge is 0.206 e. The summed E-state index contributed by atoms with van der Waals surface area (Å²) in [7, 11) is 0. The summed E-state index contributed by atoms with van der Waals surface area (Å²) in [5.74, 6) is -3.03. The Bertz CT molecular complexity index is 1090. The van der Waals surface area contributed by atoms with Crippen LogP contribution in [0.25, 0.3) is 11.0 Å². The molecule has 5 atom stereocenters. The fourth-order valence-corrected chi connectivity index (χ4v) is 4.29. The zero-order valence-electron chi connectivity index (χ0n) is 15.9. The molecule has 0 saturated carbocycles. The normalized spacial score (nSPS) is 29.9. The number of ether oxygens (including phenoxy) is 1. The number of nitrogens with zero attached hydrogens (tertiary/aromatic N) is 2. The molecule has 1 fully saturated rings. The van der Waals surface area contributed by atoms with Gasteiger partial charge in [0, 0.05) is 0 Å². The van der Waals surface area contributed by atoms with Crippen LogP contribution in [0.5, 0.6) is 0 Å². The second kappa shape index (κ2) is 7.52. The number of halogens is 3. The zero-order chi connectivity index (χ0) is 22.8. The van der Waals surface area contributed by atoms with Crippen molar-refractivity contribution >= 4 is 63.2 Å². The molecule has 0 aliphatic carbocycles. The first-order chi connectivity index (χ1) is 13.8. The Balaban J connectivity index is 2.34. The van der Waals surface area contributed by atoms with Crippen LogP contribution in [0.1, 0.15) is 27.0 Å². The maximum atomic E-state index is 12.6. The number of benzene rings is 1. The lowest BCUT2D eigenvalue weighted by atomic mass is 9.73. The quantitative estimate of drug-likeness (QED) is 0.586. The number of hydrogen-bond acceptors (Lipinski definition) is 8. The molecule has 1 aliphatic rings. The molecule has 162 valence electrons. The summed E-state index contributed by atoms with van der Waals surface area (Å²) < 4.78 is 6.62. The number of aliphatic hydroxyl groups excluding tert-OH is 1. The number of rotatable bonds is 5. The van der Waals surface area contributed by atoms with Crippen molar-refractivity contribution in [2.24, 2.45) is 0 Å². The van der Waals surface area contributed by atoms with Gasteiger partial charge in [-0.25, -0.2) is 4.98 Å². The van der Waals surface area contributed by atoms with Gasteiger partial charge in [0.25, 0.3) is 0 Å². The molecule has 0 spiro atoms. The summed E-state index contributed by atoms with van der Waals surface area (Å²) in [6.45, 7) is 2.81. The van der Waals surface area contributed by atoms with Crippen LogP contribution in [-0.4, -0.2) is 65.6 Å². The van der Waals surface area contributed by atoms with Crippen molar-refractivity contribution in [1.29, 1.82) is 0 Å². The van der Waals surface area contributed by atoms with E-state index in [1.54, 1.807) is 0 Å². The number of aromatic nitrogens is 2. The minimum atomic E-state index is -2.97. The first-order valence-corrected chi connectivity index (χ1v) is 9.75. The lowest BCUT2D eigenvalue weighted by Gasteiger charge is -2.38. The monoisotopic (exact) mass is 478 g/mol. The van der Waals surface area contributed by atoms with E-state index in [0.29, 0.717) is 0 Å². The van der Waals surface area contributed by atoms with Gasteiger partial charge in [-0.15, -0.1) is 0 Å². The number of Topliss-reactive ketones (excluding diaryl/α,β-unsaturated/α-hetero) is 3. The van der Waals surface area contributed by atoms with Crippen LogP contribution < -0.4 is 0 Å². The number of fused-ring (bicyclic) bond motifs is 1. The maximum absolute atomic E-state index is 12.6. The average molecular weight is 480 g/mol. The minimum absolute atomic E-state index is 0.0912. The first kappa shape index (κ1) is 23.1. The molecule has 1 unspecified atom stereocenters. The number of carbonyl (C=O) groups excluding carboxylic acids is 3. The Labute approximate surface area is 185 Å². The molecule has 0 bridgehead atoms. The third kappa shape index (κ3) is 3.00. The summed E-state index contributed by atoms with van der Waals surface area (Å²) in [4.78, 5) is 40.8. The van der Waals surface area contributed by atoms with Crippen molar-refractivity contribution in [2.75, 3.05) is 0 Å². The molecule has 3 rings (SSSR count). The first-order valence-electron chi connectivity index (χ1n) is 8.61. The molecule has 30 heavy (non-hydrogen) atoms. The van der Waals surface area contributed by atoms with Gasteiger partial charge in [-0.3, -0.25) is 19.0 Å². The standard InChI is InChI=1S/C18H17Cl3N2O7/c1-6(24)13(27)14-17(28,7(2)25)18(29,8(3)26)15(30-14)23-12-5-10(20)9(19)4-11(12)22-16(23)21/h4-5,13-15,27-29H,1-3H3/t13?,14-,15-,17-,18+/m1/s1. The van der Waals surface area contributed by atoms with E-state index < -0.39 is 47.0 Å². The molecule has 1 aromatic heterocycles. The molecule has 9 nitrogen and oxygen atoms in total. The van der Waals surface area contributed by atoms with Crippen molar-refractivity contribution in [3.8, 4) is 0 Å². The molecule has 0 amide bonds. The summed E-state index contributed by atoms with van der Waals surface area (Å²) in [6.07, 6.45) is -5.83. The van der Waals surface area contributed by atoms with Crippen molar-refractivity contribution in [3.63, 3.8) is 0 Å². The summed E-state index contributed by atoms with van der Waals surface area (Å²) in [5, 5.41) is 32.8. The van der Waals surface area contributed by atoms with Crippen molar-refractivity contribution < 1.29 is 34.4 Å². The number of carbonyl (C=O) groups is 3. The van der Waals surface area contributed by atoms with Gasteiger partial charge in [-0.05, 0) is 44.5 Å². The van der Waals surface area contributed by atoms with E-state index in [2.05, 4.69) is 4.98 Å². The van der Waals surface area contributed by atoms with Crippen LogP contribution in [0.4, 0.5) is 0 Å². The Morgan fingerprint density at radius 3 is 2.10 bits per heavy atom. The summed E-state index contributed by atoms with van der Waals surface area (Å²) >= 11 is 18.3. The predicted molar refractivity (Wildman–Crippen MR) is 107 cm³/mol. The number of aliphatic hydroxyl groups is 3. The molecule has 1 aliphatic heterocycles. The molecular weight excluding hydrogens is 463 g/mol. The van der Waals surface area contributed by atoms with Gasteiger partial charge in [0.05, 0.1) is 21.1 Å². The van der Waals surface area contributed by atoms with Gasteiger partial charge in [-0.2, -0.15) is 0 Å². The molecular formula is C18H17Cl3N2O7. The molecule has 2 aromatic rings. The fourth-order valence-electron chi connectivity index (χ4n) is 3.70. The highest BCUT2D eigenvalue weighted by Crippen LogP contribution is 2.50. The van der Waals surface area contributed by atoms with Crippen LogP contribution in [0.3, 0.4) is 0 Å². The van der Waals surface area contributed by atoms with Crippen molar-refractivity contribution in [2.45, 2.75) is 50.4 Å². The maximum Gasteiger partial charge on any atom is 0.206 e. The predicted octanol–water partition coefficient (Wildman–Crippen LogP) is 1.48. The third-order valence-corrected chi connectivity index (χ3v) is 6.31. The van der Waals surface area contributed by atoms with Gasteiger partial charge >= 0.3 is 0 Å². The minimum Gasteiger partial charge on any atom is -0.382 e. The van der Waals surface area contributed by atoms with Gasteiger partial charge < -0.3 is 20.1 Å². The lowest BCUT2D eigenvalue weighted by molar-refractivity contribution is -0.184. The summed E-state index contributed by atoms with van der Waals surface area (Å²) in [5.41, 5.74) is -5.53. The third-order valence-electron chi connectivity index (χ3n) is 5.33. The average Bonchev–Trinajstić information content (AvgIpc) is 3.07. The Morgan fingerprint density at radius 2 is 1.60 bits per heavy atom. The Hall–Kier alpha value is -1.59. The second-order valence-electron chi connectivity index (χ2n) is 7.12. The Kier molecular flexibility index (Phi) is 5.79. The molecule has 2 heterocycles. The van der Waals surface area contributed by atoms with E-state index in [1.807, 2.05) is 0 Å². The van der Waals surface area contributed by atoms with E-state index in [9.17, 15) is 29.7 Å². The van der Waals surface area contributed by atoms with E-state index >= 15 is 0 Å². The van der Waals surface area contributed by atoms with Crippen LogP contribution >= 0.6 is 34.8 Å². The highest BCUT2D eigenvalue weighted by Gasteiger charge is 2.73. The molecule has 1 aromatic carbocycles.